The van der Waals surface area contributed by atoms with Gasteiger partial charge in [-0.2, -0.15) is 0 Å². The van der Waals surface area contributed by atoms with Crippen molar-refractivity contribution in [2.24, 2.45) is 0 Å². The van der Waals surface area contributed by atoms with Gasteiger partial charge < -0.3 is 10.2 Å². The zero-order valence-electron chi connectivity index (χ0n) is 15.1. The van der Waals surface area contributed by atoms with Gasteiger partial charge in [0.05, 0.1) is 10.7 Å². The first-order valence-electron chi connectivity index (χ1n) is 8.83. The summed E-state index contributed by atoms with van der Waals surface area (Å²) in [7, 11) is 0. The van der Waals surface area contributed by atoms with Crippen molar-refractivity contribution < 1.29 is 0 Å². The third-order valence-corrected chi connectivity index (χ3v) is 4.98. The lowest BCUT2D eigenvalue weighted by atomic mass is 10.1. The van der Waals surface area contributed by atoms with Crippen LogP contribution in [0.1, 0.15) is 23.7 Å². The summed E-state index contributed by atoms with van der Waals surface area (Å²) in [6.07, 6.45) is 4.21. The van der Waals surface area contributed by atoms with E-state index < -0.39 is 0 Å². The van der Waals surface area contributed by atoms with Gasteiger partial charge >= 0.3 is 0 Å². The summed E-state index contributed by atoms with van der Waals surface area (Å²) >= 11 is 6.34. The predicted octanol–water partition coefficient (Wildman–Crippen LogP) is 4.86. The Morgan fingerprint density at radius 1 is 1.15 bits per heavy atom. The Hall–Kier alpha value is -2.92. The molecule has 3 heterocycles. The molecule has 1 aliphatic rings. The molecule has 0 radical (unpaired) electrons. The number of fused-ring (bicyclic) bond motifs is 1. The summed E-state index contributed by atoms with van der Waals surface area (Å²) in [4.78, 5) is 15.6. The molecule has 2 aromatic heterocycles. The molecule has 27 heavy (non-hydrogen) atoms. The molecule has 136 valence electrons. The summed E-state index contributed by atoms with van der Waals surface area (Å²) in [5, 5.41) is 4.08. The number of hydrogen-bond donors (Lipinski definition) is 1. The first-order chi connectivity index (χ1) is 13.1. The smallest absolute Gasteiger partial charge is 0.147 e. The van der Waals surface area contributed by atoms with Crippen molar-refractivity contribution in [3.05, 3.63) is 77.3 Å². The molecule has 0 aliphatic carbocycles. The van der Waals surface area contributed by atoms with Crippen molar-refractivity contribution in [3.8, 4) is 0 Å². The SMILES string of the molecule is C=C(C)c1ccc(Nc2ncnc3c2CN(c2ncccc2Cl)CC3)cc1. The van der Waals surface area contributed by atoms with Gasteiger partial charge in [-0.1, -0.05) is 35.9 Å². The summed E-state index contributed by atoms with van der Waals surface area (Å²) < 4.78 is 0. The monoisotopic (exact) mass is 377 g/mol. The predicted molar refractivity (Wildman–Crippen MR) is 110 cm³/mol. The second-order valence-corrected chi connectivity index (χ2v) is 7.02. The van der Waals surface area contributed by atoms with Crippen LogP contribution in [0.3, 0.4) is 0 Å². The van der Waals surface area contributed by atoms with Crippen LogP contribution in [0.2, 0.25) is 5.02 Å². The maximum atomic E-state index is 6.34. The van der Waals surface area contributed by atoms with Crippen LogP contribution in [0, 0.1) is 0 Å². The van der Waals surface area contributed by atoms with Gasteiger partial charge in [0.15, 0.2) is 0 Å². The van der Waals surface area contributed by atoms with Gasteiger partial charge in [0, 0.05) is 37.0 Å². The molecule has 0 atom stereocenters. The van der Waals surface area contributed by atoms with E-state index in [4.69, 9.17) is 11.6 Å². The Kier molecular flexibility index (Phi) is 4.77. The van der Waals surface area contributed by atoms with Crippen LogP contribution in [-0.2, 0) is 13.0 Å². The van der Waals surface area contributed by atoms with E-state index in [9.17, 15) is 0 Å². The molecule has 1 N–H and O–H groups in total. The minimum atomic E-state index is 0.655. The minimum absolute atomic E-state index is 0.655. The average Bonchev–Trinajstić information content (AvgIpc) is 2.69. The zero-order valence-corrected chi connectivity index (χ0v) is 15.9. The van der Waals surface area contributed by atoms with Gasteiger partial charge in [0.2, 0.25) is 0 Å². The number of anilines is 3. The highest BCUT2D eigenvalue weighted by Crippen LogP contribution is 2.31. The number of nitrogens with one attached hydrogen (secondary N) is 1. The van der Waals surface area contributed by atoms with E-state index in [2.05, 4.69) is 43.9 Å². The second-order valence-electron chi connectivity index (χ2n) is 6.61. The number of benzene rings is 1. The standard InChI is InChI=1S/C21H20ClN5/c1-14(2)15-5-7-16(8-6-15)26-20-17-12-27(11-9-19(17)24-13-25-20)21-18(22)4-3-10-23-21/h3-8,10,13H,1,9,11-12H2,2H3,(H,24,25,26). The fraction of sp³-hybridized carbons (Fsp3) is 0.190. The van der Waals surface area contributed by atoms with Crippen molar-refractivity contribution in [3.63, 3.8) is 0 Å². The summed E-state index contributed by atoms with van der Waals surface area (Å²) in [5.74, 6) is 1.62. The molecule has 0 unspecified atom stereocenters. The number of hydrogen-bond acceptors (Lipinski definition) is 5. The van der Waals surface area contributed by atoms with Gasteiger partial charge in [-0.05, 0) is 36.8 Å². The van der Waals surface area contributed by atoms with Gasteiger partial charge in [0.25, 0.3) is 0 Å². The highest BCUT2D eigenvalue weighted by Gasteiger charge is 2.23. The maximum absolute atomic E-state index is 6.34. The van der Waals surface area contributed by atoms with Gasteiger partial charge in [-0.15, -0.1) is 0 Å². The number of nitrogens with zero attached hydrogens (tertiary/aromatic N) is 4. The normalized spacial score (nSPS) is 13.2. The van der Waals surface area contributed by atoms with Crippen molar-refractivity contribution in [2.45, 2.75) is 19.9 Å². The van der Waals surface area contributed by atoms with E-state index in [-0.39, 0.29) is 0 Å². The Bertz CT molecular complexity index is 984. The largest absolute Gasteiger partial charge is 0.350 e. The topological polar surface area (TPSA) is 53.9 Å². The molecule has 0 bridgehead atoms. The van der Waals surface area contributed by atoms with Crippen LogP contribution in [-0.4, -0.2) is 21.5 Å². The summed E-state index contributed by atoms with van der Waals surface area (Å²) in [5.41, 5.74) is 5.29. The van der Waals surface area contributed by atoms with Crippen LogP contribution >= 0.6 is 11.6 Å². The minimum Gasteiger partial charge on any atom is -0.350 e. The van der Waals surface area contributed by atoms with E-state index in [1.54, 1.807) is 12.5 Å². The molecule has 1 aromatic carbocycles. The fourth-order valence-corrected chi connectivity index (χ4v) is 3.46. The van der Waals surface area contributed by atoms with Gasteiger partial charge in [0.1, 0.15) is 18.0 Å². The number of aromatic nitrogens is 3. The molecule has 0 amide bonds. The lowest BCUT2D eigenvalue weighted by Gasteiger charge is -2.30. The quantitative estimate of drug-likeness (QED) is 0.703. The van der Waals surface area contributed by atoms with E-state index in [1.807, 2.05) is 31.2 Å². The van der Waals surface area contributed by atoms with Crippen molar-refractivity contribution in [2.75, 3.05) is 16.8 Å². The van der Waals surface area contributed by atoms with E-state index >= 15 is 0 Å². The maximum Gasteiger partial charge on any atom is 0.147 e. The zero-order chi connectivity index (χ0) is 18.8. The lowest BCUT2D eigenvalue weighted by molar-refractivity contribution is 0.699. The Labute approximate surface area is 163 Å². The van der Waals surface area contributed by atoms with Gasteiger partial charge in [-0.25, -0.2) is 15.0 Å². The number of pyridine rings is 1. The van der Waals surface area contributed by atoms with Crippen LogP contribution < -0.4 is 10.2 Å². The summed E-state index contributed by atoms with van der Waals surface area (Å²) in [6.45, 7) is 7.47. The van der Waals surface area contributed by atoms with Crippen LogP contribution in [0.25, 0.3) is 5.57 Å². The third-order valence-electron chi connectivity index (χ3n) is 4.68. The molecule has 0 fully saturated rings. The molecule has 3 aromatic rings. The highest BCUT2D eigenvalue weighted by molar-refractivity contribution is 6.32. The van der Waals surface area contributed by atoms with E-state index in [0.29, 0.717) is 11.6 Å². The van der Waals surface area contributed by atoms with Gasteiger partial charge in [-0.3, -0.25) is 0 Å². The first-order valence-corrected chi connectivity index (χ1v) is 9.21. The molecule has 5 nitrogen and oxygen atoms in total. The average molecular weight is 378 g/mol. The lowest BCUT2D eigenvalue weighted by Crippen LogP contribution is -2.32. The Morgan fingerprint density at radius 2 is 1.96 bits per heavy atom. The molecule has 0 saturated heterocycles. The molecule has 6 heteroatoms. The number of rotatable bonds is 4. The molecular weight excluding hydrogens is 358 g/mol. The fourth-order valence-electron chi connectivity index (χ4n) is 3.21. The molecule has 1 aliphatic heterocycles. The first kappa shape index (κ1) is 17.5. The Morgan fingerprint density at radius 3 is 2.70 bits per heavy atom. The van der Waals surface area contributed by atoms with E-state index in [1.165, 1.54) is 0 Å². The Balaban J connectivity index is 1.61. The van der Waals surface area contributed by atoms with Crippen molar-refractivity contribution in [1.29, 1.82) is 0 Å². The molecule has 0 saturated carbocycles. The molecule has 4 rings (SSSR count). The second kappa shape index (κ2) is 7.37. The van der Waals surface area contributed by atoms with Crippen LogP contribution in [0.15, 0.2) is 55.5 Å². The molecule has 0 spiro atoms. The highest BCUT2D eigenvalue weighted by atomic mass is 35.5. The number of halogens is 1. The van der Waals surface area contributed by atoms with Crippen LogP contribution in [0.5, 0.6) is 0 Å². The van der Waals surface area contributed by atoms with Crippen molar-refractivity contribution >= 4 is 34.5 Å². The third kappa shape index (κ3) is 3.64. The van der Waals surface area contributed by atoms with Crippen molar-refractivity contribution in [1.82, 2.24) is 15.0 Å². The van der Waals surface area contributed by atoms with E-state index in [0.717, 1.165) is 52.7 Å². The number of allylic oxidation sites excluding steroid dienone is 1. The summed E-state index contributed by atoms with van der Waals surface area (Å²) in [6, 6.07) is 11.9. The molecular formula is C21H20ClN5. The van der Waals surface area contributed by atoms with Crippen LogP contribution in [0.4, 0.5) is 17.3 Å².